The highest BCUT2D eigenvalue weighted by molar-refractivity contribution is 6.05. The molecular weight excluding hydrogens is 339 g/mol. The SMILES string of the molecule is CCOC(=O)c1cnc2ccc(OC)nc2c1-c1ccc(C=O)cc1F. The minimum Gasteiger partial charge on any atom is -0.481 e. The van der Waals surface area contributed by atoms with Crippen LogP contribution in [0.1, 0.15) is 27.6 Å². The molecule has 0 unspecified atom stereocenters. The molecule has 1 aromatic carbocycles. The van der Waals surface area contributed by atoms with E-state index in [0.29, 0.717) is 23.2 Å². The van der Waals surface area contributed by atoms with Crippen molar-refractivity contribution in [1.29, 1.82) is 0 Å². The number of esters is 1. The molecule has 0 saturated carbocycles. The number of hydrogen-bond donors (Lipinski definition) is 0. The van der Waals surface area contributed by atoms with Crippen LogP contribution >= 0.6 is 0 Å². The van der Waals surface area contributed by atoms with Gasteiger partial charge in [0.25, 0.3) is 0 Å². The van der Waals surface area contributed by atoms with Crippen molar-refractivity contribution in [2.24, 2.45) is 0 Å². The second-order valence-corrected chi connectivity index (χ2v) is 5.35. The van der Waals surface area contributed by atoms with E-state index < -0.39 is 11.8 Å². The summed E-state index contributed by atoms with van der Waals surface area (Å²) in [6.07, 6.45) is 1.88. The van der Waals surface area contributed by atoms with E-state index in [4.69, 9.17) is 9.47 Å². The van der Waals surface area contributed by atoms with Gasteiger partial charge in [-0.15, -0.1) is 0 Å². The molecule has 6 nitrogen and oxygen atoms in total. The molecule has 0 saturated heterocycles. The highest BCUT2D eigenvalue weighted by atomic mass is 19.1. The Balaban J connectivity index is 2.36. The van der Waals surface area contributed by atoms with E-state index in [1.165, 1.54) is 25.4 Å². The van der Waals surface area contributed by atoms with Crippen LogP contribution in [0.4, 0.5) is 4.39 Å². The number of rotatable bonds is 5. The topological polar surface area (TPSA) is 78.4 Å². The molecule has 0 aliphatic rings. The average molecular weight is 354 g/mol. The molecular formula is C19H15FN2O4. The summed E-state index contributed by atoms with van der Waals surface area (Å²) in [6.45, 7) is 1.83. The summed E-state index contributed by atoms with van der Waals surface area (Å²) in [4.78, 5) is 31.8. The fourth-order valence-corrected chi connectivity index (χ4v) is 2.61. The van der Waals surface area contributed by atoms with E-state index >= 15 is 0 Å². The summed E-state index contributed by atoms with van der Waals surface area (Å²) in [5, 5.41) is 0. The molecule has 0 atom stereocenters. The minimum absolute atomic E-state index is 0.0813. The van der Waals surface area contributed by atoms with Gasteiger partial charge in [0, 0.05) is 29.0 Å². The molecule has 0 N–H and O–H groups in total. The molecule has 2 aromatic heterocycles. The largest absolute Gasteiger partial charge is 0.481 e. The Morgan fingerprint density at radius 1 is 1.27 bits per heavy atom. The van der Waals surface area contributed by atoms with Crippen LogP contribution in [0.5, 0.6) is 5.88 Å². The fourth-order valence-electron chi connectivity index (χ4n) is 2.61. The van der Waals surface area contributed by atoms with Crippen molar-refractivity contribution in [2.45, 2.75) is 6.92 Å². The molecule has 0 radical (unpaired) electrons. The normalized spacial score (nSPS) is 10.6. The lowest BCUT2D eigenvalue weighted by Crippen LogP contribution is -2.09. The first-order valence-corrected chi connectivity index (χ1v) is 7.85. The number of fused-ring (bicyclic) bond motifs is 1. The molecule has 26 heavy (non-hydrogen) atoms. The quantitative estimate of drug-likeness (QED) is 0.516. The predicted molar refractivity (Wildman–Crippen MR) is 92.8 cm³/mol. The summed E-state index contributed by atoms with van der Waals surface area (Å²) in [5.41, 5.74) is 1.39. The van der Waals surface area contributed by atoms with Gasteiger partial charge in [-0.25, -0.2) is 14.2 Å². The van der Waals surface area contributed by atoms with E-state index in [1.807, 2.05) is 0 Å². The van der Waals surface area contributed by atoms with Crippen LogP contribution in [-0.4, -0.2) is 35.9 Å². The van der Waals surface area contributed by atoms with Crippen LogP contribution in [0.15, 0.2) is 36.5 Å². The fraction of sp³-hybridized carbons (Fsp3) is 0.158. The Bertz CT molecular complexity index is 1000. The molecule has 7 heteroatoms. The zero-order valence-electron chi connectivity index (χ0n) is 14.2. The highest BCUT2D eigenvalue weighted by Gasteiger charge is 2.22. The van der Waals surface area contributed by atoms with Crippen LogP contribution in [0.2, 0.25) is 0 Å². The zero-order chi connectivity index (χ0) is 18.7. The van der Waals surface area contributed by atoms with Gasteiger partial charge in [0.2, 0.25) is 5.88 Å². The van der Waals surface area contributed by atoms with Gasteiger partial charge in [0.15, 0.2) is 0 Å². The highest BCUT2D eigenvalue weighted by Crippen LogP contribution is 2.33. The molecule has 132 valence electrons. The number of carbonyl (C=O) groups excluding carboxylic acids is 2. The lowest BCUT2D eigenvalue weighted by molar-refractivity contribution is 0.0527. The van der Waals surface area contributed by atoms with Gasteiger partial charge in [-0.3, -0.25) is 9.78 Å². The number of nitrogens with zero attached hydrogens (tertiary/aromatic N) is 2. The summed E-state index contributed by atoms with van der Waals surface area (Å²) in [5.74, 6) is -0.996. The van der Waals surface area contributed by atoms with Crippen LogP contribution in [-0.2, 0) is 4.74 Å². The van der Waals surface area contributed by atoms with E-state index in [2.05, 4.69) is 9.97 Å². The van der Waals surface area contributed by atoms with Gasteiger partial charge < -0.3 is 9.47 Å². The lowest BCUT2D eigenvalue weighted by atomic mass is 9.97. The number of aromatic nitrogens is 2. The number of carbonyl (C=O) groups is 2. The molecule has 0 aliphatic carbocycles. The summed E-state index contributed by atoms with van der Waals surface area (Å²) < 4.78 is 24.9. The van der Waals surface area contributed by atoms with E-state index in [9.17, 15) is 14.0 Å². The average Bonchev–Trinajstić information content (AvgIpc) is 2.66. The molecule has 2 heterocycles. The third-order valence-corrected chi connectivity index (χ3v) is 3.79. The molecule has 3 rings (SSSR count). The predicted octanol–water partition coefficient (Wildman–Crippen LogP) is 3.43. The molecule has 3 aromatic rings. The number of methoxy groups -OCH3 is 1. The molecule has 0 fully saturated rings. The van der Waals surface area contributed by atoms with Crippen molar-refractivity contribution in [3.63, 3.8) is 0 Å². The minimum atomic E-state index is -0.655. The second kappa shape index (κ2) is 7.26. The molecule has 0 aliphatic heterocycles. The Morgan fingerprint density at radius 3 is 2.73 bits per heavy atom. The van der Waals surface area contributed by atoms with Gasteiger partial charge in [-0.1, -0.05) is 12.1 Å². The maximum absolute atomic E-state index is 14.7. The van der Waals surface area contributed by atoms with E-state index in [-0.39, 0.29) is 28.9 Å². The van der Waals surface area contributed by atoms with E-state index in [0.717, 1.165) is 6.07 Å². The molecule has 0 bridgehead atoms. The van der Waals surface area contributed by atoms with Crippen molar-refractivity contribution in [2.75, 3.05) is 13.7 Å². The standard InChI is InChI=1S/C19H15FN2O4/c1-3-26-19(24)13-9-21-15-6-7-16(25-2)22-18(15)17(13)12-5-4-11(10-23)8-14(12)20/h4-10H,3H2,1-2H3. The van der Waals surface area contributed by atoms with E-state index in [1.54, 1.807) is 19.1 Å². The van der Waals surface area contributed by atoms with Crippen molar-refractivity contribution in [3.8, 4) is 17.0 Å². The first-order valence-electron chi connectivity index (χ1n) is 7.85. The van der Waals surface area contributed by atoms with Gasteiger partial charge in [-0.05, 0) is 19.1 Å². The van der Waals surface area contributed by atoms with Crippen molar-refractivity contribution >= 4 is 23.3 Å². The van der Waals surface area contributed by atoms with Gasteiger partial charge >= 0.3 is 5.97 Å². The summed E-state index contributed by atoms with van der Waals surface area (Å²) in [6, 6.07) is 7.28. The second-order valence-electron chi connectivity index (χ2n) is 5.35. The number of hydrogen-bond acceptors (Lipinski definition) is 6. The Labute approximate surface area is 148 Å². The number of pyridine rings is 2. The Hall–Kier alpha value is -3.35. The number of halogens is 1. The third kappa shape index (κ3) is 3.11. The van der Waals surface area contributed by atoms with Crippen molar-refractivity contribution in [1.82, 2.24) is 9.97 Å². The van der Waals surface area contributed by atoms with Gasteiger partial charge in [-0.2, -0.15) is 0 Å². The summed E-state index contributed by atoms with van der Waals surface area (Å²) >= 11 is 0. The van der Waals surface area contributed by atoms with Crippen LogP contribution in [0.3, 0.4) is 0 Å². The first kappa shape index (κ1) is 17.5. The number of benzene rings is 1. The van der Waals surface area contributed by atoms with Crippen LogP contribution in [0, 0.1) is 5.82 Å². The smallest absolute Gasteiger partial charge is 0.340 e. The monoisotopic (exact) mass is 354 g/mol. The zero-order valence-corrected chi connectivity index (χ0v) is 14.2. The van der Waals surface area contributed by atoms with Crippen LogP contribution < -0.4 is 4.74 Å². The number of ether oxygens (including phenoxy) is 2. The Morgan fingerprint density at radius 2 is 2.08 bits per heavy atom. The third-order valence-electron chi connectivity index (χ3n) is 3.79. The maximum Gasteiger partial charge on any atom is 0.340 e. The lowest BCUT2D eigenvalue weighted by Gasteiger charge is -2.13. The maximum atomic E-state index is 14.7. The van der Waals surface area contributed by atoms with Gasteiger partial charge in [0.1, 0.15) is 17.6 Å². The molecule has 0 spiro atoms. The number of aldehydes is 1. The summed E-state index contributed by atoms with van der Waals surface area (Å²) in [7, 11) is 1.45. The van der Waals surface area contributed by atoms with Crippen molar-refractivity contribution in [3.05, 3.63) is 53.5 Å². The van der Waals surface area contributed by atoms with Gasteiger partial charge in [0.05, 0.1) is 24.8 Å². The molecule has 0 amide bonds. The first-order chi connectivity index (χ1) is 12.6. The van der Waals surface area contributed by atoms with Crippen LogP contribution in [0.25, 0.3) is 22.2 Å². The Kier molecular flexibility index (Phi) is 4.88. The van der Waals surface area contributed by atoms with Crippen molar-refractivity contribution < 1.29 is 23.5 Å².